The Morgan fingerprint density at radius 1 is 0.923 bits per heavy atom. The normalized spacial score (nSPS) is 14.4. The molecule has 1 heterocycles. The lowest BCUT2D eigenvalue weighted by Crippen LogP contribution is -2.38. The van der Waals surface area contributed by atoms with E-state index in [-0.39, 0.29) is 27.1 Å². The fraction of sp³-hybridized carbons (Fsp3) is 0.321. The van der Waals surface area contributed by atoms with Crippen molar-refractivity contribution < 1.29 is 26.4 Å². The number of amides is 1. The van der Waals surface area contributed by atoms with Crippen LogP contribution in [-0.4, -0.2) is 53.8 Å². The minimum atomic E-state index is -4.09. The third-order valence-corrected chi connectivity index (χ3v) is 10.3. The zero-order chi connectivity index (χ0) is 28.2. The van der Waals surface area contributed by atoms with Crippen LogP contribution >= 0.6 is 0 Å². The van der Waals surface area contributed by atoms with Gasteiger partial charge in [-0.2, -0.15) is 4.31 Å². The molecule has 208 valence electrons. The molecule has 3 aromatic rings. The molecule has 1 amide bonds. The molecule has 0 radical (unpaired) electrons. The zero-order valence-electron chi connectivity index (χ0n) is 22.2. The maximum absolute atomic E-state index is 13.6. The van der Waals surface area contributed by atoms with Gasteiger partial charge in [0.2, 0.25) is 15.9 Å². The summed E-state index contributed by atoms with van der Waals surface area (Å²) in [5.41, 5.74) is 1.49. The molecule has 0 spiro atoms. The van der Waals surface area contributed by atoms with Crippen LogP contribution in [0.3, 0.4) is 0 Å². The molecule has 0 atom stereocenters. The Kier molecular flexibility index (Phi) is 8.63. The highest BCUT2D eigenvalue weighted by Crippen LogP contribution is 2.31. The van der Waals surface area contributed by atoms with Gasteiger partial charge in [0.1, 0.15) is 12.3 Å². The number of nitrogens with one attached hydrogen (secondary N) is 1. The predicted octanol–water partition coefficient (Wildman–Crippen LogP) is 4.44. The highest BCUT2D eigenvalue weighted by Gasteiger charge is 2.30. The highest BCUT2D eigenvalue weighted by atomic mass is 32.2. The molecule has 1 fully saturated rings. The van der Waals surface area contributed by atoms with E-state index in [0.717, 1.165) is 22.7 Å². The van der Waals surface area contributed by atoms with E-state index in [4.69, 9.17) is 4.74 Å². The summed E-state index contributed by atoms with van der Waals surface area (Å²) < 4.78 is 61.2. The van der Waals surface area contributed by atoms with E-state index in [2.05, 4.69) is 5.32 Å². The number of hydrogen-bond donors (Lipinski definition) is 1. The van der Waals surface area contributed by atoms with Crippen LogP contribution < -0.4 is 14.4 Å². The summed E-state index contributed by atoms with van der Waals surface area (Å²) in [6, 6.07) is 19.2. The largest absolute Gasteiger partial charge is 0.495 e. The molecule has 39 heavy (non-hydrogen) atoms. The molecular weight excluding hydrogens is 538 g/mol. The van der Waals surface area contributed by atoms with Crippen molar-refractivity contribution in [2.75, 3.05) is 36.4 Å². The first-order valence-corrected chi connectivity index (χ1v) is 15.6. The number of anilines is 2. The number of methoxy groups -OCH3 is 1. The van der Waals surface area contributed by atoms with Crippen LogP contribution in [0, 0.1) is 0 Å². The summed E-state index contributed by atoms with van der Waals surface area (Å²) in [5, 5.41) is 2.66. The molecule has 0 bridgehead atoms. The standard InChI is InChI=1S/C28H33N3O6S2/c1-21(2)22-11-13-23(14-12-22)31(39(35,36)24-9-5-4-6-10-24)20-28(32)29-26-19-25(15-16-27(26)37-3)38(33,34)30-17-7-8-18-30/h4-6,9-16,19,21H,7-8,17-18,20H2,1-3H3,(H,29,32). The molecule has 11 heteroatoms. The zero-order valence-corrected chi connectivity index (χ0v) is 23.8. The molecule has 1 aliphatic heterocycles. The maximum Gasteiger partial charge on any atom is 0.264 e. The van der Waals surface area contributed by atoms with Gasteiger partial charge in [0.15, 0.2) is 0 Å². The molecule has 0 aromatic heterocycles. The number of benzene rings is 3. The van der Waals surface area contributed by atoms with Crippen LogP contribution in [0.2, 0.25) is 0 Å². The minimum Gasteiger partial charge on any atom is -0.495 e. The predicted molar refractivity (Wildman–Crippen MR) is 151 cm³/mol. The third-order valence-electron chi connectivity index (χ3n) is 6.61. The van der Waals surface area contributed by atoms with Gasteiger partial charge in [0, 0.05) is 13.1 Å². The second-order valence-electron chi connectivity index (χ2n) is 9.59. The summed E-state index contributed by atoms with van der Waals surface area (Å²) >= 11 is 0. The van der Waals surface area contributed by atoms with Crippen molar-refractivity contribution in [3.63, 3.8) is 0 Å². The van der Waals surface area contributed by atoms with Crippen LogP contribution in [0.1, 0.15) is 38.2 Å². The molecule has 1 N–H and O–H groups in total. The number of carbonyl (C=O) groups is 1. The van der Waals surface area contributed by atoms with E-state index in [1.165, 1.54) is 41.7 Å². The number of hydrogen-bond acceptors (Lipinski definition) is 6. The number of carbonyl (C=O) groups excluding carboxylic acids is 1. The van der Waals surface area contributed by atoms with Gasteiger partial charge in [0.05, 0.1) is 28.3 Å². The monoisotopic (exact) mass is 571 g/mol. The van der Waals surface area contributed by atoms with Gasteiger partial charge in [-0.05, 0) is 66.8 Å². The number of rotatable bonds is 10. The Bertz CT molecular complexity index is 1520. The Morgan fingerprint density at radius 2 is 1.56 bits per heavy atom. The van der Waals surface area contributed by atoms with Gasteiger partial charge < -0.3 is 10.1 Å². The van der Waals surface area contributed by atoms with Gasteiger partial charge in [-0.1, -0.05) is 44.2 Å². The van der Waals surface area contributed by atoms with Gasteiger partial charge in [0.25, 0.3) is 10.0 Å². The first kappa shape index (κ1) is 28.6. The Morgan fingerprint density at radius 3 is 2.15 bits per heavy atom. The molecule has 0 unspecified atom stereocenters. The SMILES string of the molecule is COc1ccc(S(=O)(=O)N2CCCC2)cc1NC(=O)CN(c1ccc(C(C)C)cc1)S(=O)(=O)c1ccccc1. The fourth-order valence-electron chi connectivity index (χ4n) is 4.40. The lowest BCUT2D eigenvalue weighted by molar-refractivity contribution is -0.114. The van der Waals surface area contributed by atoms with E-state index < -0.39 is 32.5 Å². The van der Waals surface area contributed by atoms with E-state index in [0.29, 0.717) is 18.8 Å². The second-order valence-corrected chi connectivity index (χ2v) is 13.4. The van der Waals surface area contributed by atoms with Crippen LogP contribution in [0.15, 0.2) is 82.6 Å². The summed E-state index contributed by atoms with van der Waals surface area (Å²) in [6.45, 7) is 4.42. The minimum absolute atomic E-state index is 0.0264. The fourth-order valence-corrected chi connectivity index (χ4v) is 7.39. The second kappa shape index (κ2) is 11.8. The molecular formula is C28H33N3O6S2. The molecule has 4 rings (SSSR count). The summed E-state index contributed by atoms with van der Waals surface area (Å²) in [5.74, 6) is -0.156. The Hall–Kier alpha value is -3.41. The summed E-state index contributed by atoms with van der Waals surface area (Å²) in [4.78, 5) is 13.4. The van der Waals surface area contributed by atoms with Gasteiger partial charge >= 0.3 is 0 Å². The number of ether oxygens (including phenoxy) is 1. The van der Waals surface area contributed by atoms with E-state index in [1.54, 1.807) is 30.3 Å². The van der Waals surface area contributed by atoms with Crippen LogP contribution in [-0.2, 0) is 24.8 Å². The molecule has 0 saturated carbocycles. The Labute approximate surface area is 230 Å². The first-order valence-electron chi connectivity index (χ1n) is 12.7. The summed E-state index contributed by atoms with van der Waals surface area (Å²) in [7, 11) is -6.43. The molecule has 1 saturated heterocycles. The highest BCUT2D eigenvalue weighted by molar-refractivity contribution is 7.92. The van der Waals surface area contributed by atoms with Crippen LogP contribution in [0.25, 0.3) is 0 Å². The van der Waals surface area contributed by atoms with Gasteiger partial charge in [-0.15, -0.1) is 0 Å². The topological polar surface area (TPSA) is 113 Å². The lowest BCUT2D eigenvalue weighted by Gasteiger charge is -2.25. The molecule has 1 aliphatic rings. The first-order chi connectivity index (χ1) is 18.5. The van der Waals surface area contributed by atoms with Crippen molar-refractivity contribution in [1.29, 1.82) is 0 Å². The number of sulfonamides is 2. The van der Waals surface area contributed by atoms with E-state index in [9.17, 15) is 21.6 Å². The average Bonchev–Trinajstić information content (AvgIpc) is 3.48. The van der Waals surface area contributed by atoms with Gasteiger partial charge in [-0.25, -0.2) is 16.8 Å². The van der Waals surface area contributed by atoms with Crippen molar-refractivity contribution >= 4 is 37.3 Å². The smallest absolute Gasteiger partial charge is 0.264 e. The summed E-state index contributed by atoms with van der Waals surface area (Å²) in [6.07, 6.45) is 1.59. The third kappa shape index (κ3) is 6.26. The molecule has 3 aromatic carbocycles. The quantitative estimate of drug-likeness (QED) is 0.385. The van der Waals surface area contributed by atoms with Crippen molar-refractivity contribution in [2.45, 2.75) is 42.4 Å². The van der Waals surface area contributed by atoms with Crippen molar-refractivity contribution in [1.82, 2.24) is 4.31 Å². The van der Waals surface area contributed by atoms with E-state index >= 15 is 0 Å². The van der Waals surface area contributed by atoms with Crippen LogP contribution in [0.5, 0.6) is 5.75 Å². The van der Waals surface area contributed by atoms with Crippen LogP contribution in [0.4, 0.5) is 11.4 Å². The molecule has 0 aliphatic carbocycles. The van der Waals surface area contributed by atoms with Crippen molar-refractivity contribution in [3.8, 4) is 5.75 Å². The van der Waals surface area contributed by atoms with Crippen molar-refractivity contribution in [3.05, 3.63) is 78.4 Å². The lowest BCUT2D eigenvalue weighted by atomic mass is 10.0. The van der Waals surface area contributed by atoms with E-state index in [1.807, 2.05) is 26.0 Å². The Balaban J connectivity index is 1.66. The molecule has 9 nitrogen and oxygen atoms in total. The average molecular weight is 572 g/mol. The van der Waals surface area contributed by atoms with Crippen molar-refractivity contribution in [2.24, 2.45) is 0 Å². The maximum atomic E-state index is 13.6. The van der Waals surface area contributed by atoms with Gasteiger partial charge in [-0.3, -0.25) is 9.10 Å². The number of nitrogens with zero attached hydrogens (tertiary/aromatic N) is 2.